The molecule has 0 unspecified atom stereocenters. The van der Waals surface area contributed by atoms with Crippen LogP contribution in [-0.4, -0.2) is 66.6 Å². The van der Waals surface area contributed by atoms with Gasteiger partial charge in [0.15, 0.2) is 9.84 Å². The lowest BCUT2D eigenvalue weighted by Gasteiger charge is -2.30. The molecular weight excluding hydrogens is 390 g/mol. The van der Waals surface area contributed by atoms with Gasteiger partial charge in [0.1, 0.15) is 5.82 Å². The molecule has 0 bridgehead atoms. The molecule has 2 heterocycles. The summed E-state index contributed by atoms with van der Waals surface area (Å²) >= 11 is 0. The number of fused-ring (bicyclic) bond motifs is 1. The van der Waals surface area contributed by atoms with Crippen LogP contribution in [-0.2, 0) is 14.6 Å². The standard InChI is InChI=1S/C21H31N3O4S/c1-5-17(6-2)23(10-11-28-4)21(25)16-7-8-20-19(13-16)22-15(3)24(20)18-9-12-29(26,27)14-18/h7-8,13,17-18H,5-6,9-12,14H2,1-4H3/t18-/m0/s1. The number of rotatable bonds is 8. The van der Waals surface area contributed by atoms with Gasteiger partial charge in [-0.3, -0.25) is 4.79 Å². The van der Waals surface area contributed by atoms with E-state index in [0.29, 0.717) is 25.1 Å². The number of ether oxygens (including phenoxy) is 1. The number of carbonyl (C=O) groups excluding carboxylic acids is 1. The lowest BCUT2D eigenvalue weighted by Crippen LogP contribution is -2.41. The highest BCUT2D eigenvalue weighted by molar-refractivity contribution is 7.91. The van der Waals surface area contributed by atoms with E-state index in [9.17, 15) is 13.2 Å². The number of aryl methyl sites for hydroxylation is 1. The van der Waals surface area contributed by atoms with E-state index >= 15 is 0 Å². The second-order valence-electron chi connectivity index (χ2n) is 7.75. The first-order valence-electron chi connectivity index (χ1n) is 10.3. The van der Waals surface area contributed by atoms with E-state index in [-0.39, 0.29) is 29.5 Å². The highest BCUT2D eigenvalue weighted by atomic mass is 32.2. The smallest absolute Gasteiger partial charge is 0.254 e. The summed E-state index contributed by atoms with van der Waals surface area (Å²) in [4.78, 5) is 19.8. The number of carbonyl (C=O) groups is 1. The van der Waals surface area contributed by atoms with Gasteiger partial charge in [-0.2, -0.15) is 0 Å². The Bertz CT molecular complexity index is 979. The first-order valence-corrected chi connectivity index (χ1v) is 12.1. The average Bonchev–Trinajstić information content (AvgIpc) is 3.21. The second-order valence-corrected chi connectivity index (χ2v) is 9.98. The van der Waals surface area contributed by atoms with Crippen molar-refractivity contribution >= 4 is 26.8 Å². The van der Waals surface area contributed by atoms with Gasteiger partial charge in [-0.05, 0) is 44.4 Å². The largest absolute Gasteiger partial charge is 0.383 e. The van der Waals surface area contributed by atoms with E-state index < -0.39 is 9.84 Å². The number of sulfone groups is 1. The molecule has 0 N–H and O–H groups in total. The summed E-state index contributed by atoms with van der Waals surface area (Å²) < 4.78 is 31.0. The molecule has 8 heteroatoms. The molecule has 1 fully saturated rings. The molecule has 1 atom stereocenters. The Kier molecular flexibility index (Phi) is 6.63. The van der Waals surface area contributed by atoms with Gasteiger partial charge >= 0.3 is 0 Å². The van der Waals surface area contributed by atoms with Crippen LogP contribution in [0.15, 0.2) is 18.2 Å². The average molecular weight is 422 g/mol. The fourth-order valence-electron chi connectivity index (χ4n) is 4.33. The van der Waals surface area contributed by atoms with Gasteiger partial charge < -0.3 is 14.2 Å². The van der Waals surface area contributed by atoms with Crippen molar-refractivity contribution in [2.24, 2.45) is 0 Å². The van der Waals surface area contributed by atoms with Crippen molar-refractivity contribution in [1.82, 2.24) is 14.5 Å². The minimum Gasteiger partial charge on any atom is -0.383 e. The molecule has 3 rings (SSSR count). The van der Waals surface area contributed by atoms with E-state index in [0.717, 1.165) is 29.7 Å². The molecule has 2 aromatic rings. The molecule has 1 aliphatic heterocycles. The van der Waals surface area contributed by atoms with Crippen LogP contribution in [0, 0.1) is 6.92 Å². The zero-order valence-electron chi connectivity index (χ0n) is 17.7. The summed E-state index contributed by atoms with van der Waals surface area (Å²) in [7, 11) is -1.35. The molecule has 1 aliphatic rings. The SMILES string of the molecule is CCC(CC)N(CCOC)C(=O)c1ccc2c(c1)nc(C)n2[C@H]1CCS(=O)(=O)C1. The maximum atomic E-state index is 13.2. The maximum absolute atomic E-state index is 13.2. The number of hydrogen-bond acceptors (Lipinski definition) is 5. The highest BCUT2D eigenvalue weighted by Crippen LogP contribution is 2.30. The normalized spacial score (nSPS) is 18.6. The van der Waals surface area contributed by atoms with Crippen LogP contribution in [0.5, 0.6) is 0 Å². The van der Waals surface area contributed by atoms with E-state index in [1.165, 1.54) is 0 Å². The zero-order chi connectivity index (χ0) is 21.2. The molecule has 1 aromatic heterocycles. The van der Waals surface area contributed by atoms with Gasteiger partial charge in [0.05, 0.1) is 35.2 Å². The summed E-state index contributed by atoms with van der Waals surface area (Å²) in [5, 5.41) is 0. The summed E-state index contributed by atoms with van der Waals surface area (Å²) in [6.45, 7) is 7.11. The molecule has 160 valence electrons. The summed E-state index contributed by atoms with van der Waals surface area (Å²) in [5.41, 5.74) is 2.21. The monoisotopic (exact) mass is 421 g/mol. The van der Waals surface area contributed by atoms with E-state index in [2.05, 4.69) is 18.8 Å². The molecule has 1 aromatic carbocycles. The number of aromatic nitrogens is 2. The quantitative estimate of drug-likeness (QED) is 0.654. The third kappa shape index (κ3) is 4.48. The van der Waals surface area contributed by atoms with Crippen molar-refractivity contribution in [2.45, 2.75) is 52.1 Å². The third-order valence-electron chi connectivity index (χ3n) is 5.87. The van der Waals surface area contributed by atoms with Crippen LogP contribution < -0.4 is 0 Å². The molecule has 1 amide bonds. The Balaban J connectivity index is 1.94. The first-order chi connectivity index (χ1) is 13.8. The van der Waals surface area contributed by atoms with Gasteiger partial charge in [0.2, 0.25) is 0 Å². The Morgan fingerprint density at radius 1 is 1.34 bits per heavy atom. The molecule has 1 saturated heterocycles. The fraction of sp³-hybridized carbons (Fsp3) is 0.619. The number of nitrogens with zero attached hydrogens (tertiary/aromatic N) is 3. The van der Waals surface area contributed by atoms with Crippen LogP contribution in [0.25, 0.3) is 11.0 Å². The van der Waals surface area contributed by atoms with Gasteiger partial charge in [0, 0.05) is 25.3 Å². The van der Waals surface area contributed by atoms with Gasteiger partial charge in [-0.25, -0.2) is 13.4 Å². The predicted molar refractivity (Wildman–Crippen MR) is 114 cm³/mol. The van der Waals surface area contributed by atoms with Gasteiger partial charge in [-0.1, -0.05) is 13.8 Å². The third-order valence-corrected chi connectivity index (χ3v) is 7.62. The Morgan fingerprint density at radius 3 is 2.66 bits per heavy atom. The Hall–Kier alpha value is -1.93. The Morgan fingerprint density at radius 2 is 2.07 bits per heavy atom. The predicted octanol–water partition coefficient (Wildman–Crippen LogP) is 2.98. The summed E-state index contributed by atoms with van der Waals surface area (Å²) in [5.74, 6) is 1.13. The number of methoxy groups -OCH3 is 1. The lowest BCUT2D eigenvalue weighted by atomic mass is 10.1. The number of imidazole rings is 1. The molecule has 0 radical (unpaired) electrons. The molecule has 0 aliphatic carbocycles. The van der Waals surface area contributed by atoms with Crippen LogP contribution in [0.4, 0.5) is 0 Å². The second kappa shape index (κ2) is 8.83. The van der Waals surface area contributed by atoms with E-state index in [4.69, 9.17) is 4.74 Å². The van der Waals surface area contributed by atoms with Crippen LogP contribution in [0.1, 0.15) is 55.3 Å². The highest BCUT2D eigenvalue weighted by Gasteiger charge is 2.31. The summed E-state index contributed by atoms with van der Waals surface area (Å²) in [6, 6.07) is 5.63. The molecule has 0 saturated carbocycles. The van der Waals surface area contributed by atoms with Gasteiger partial charge in [-0.15, -0.1) is 0 Å². The molecular formula is C21H31N3O4S. The lowest BCUT2D eigenvalue weighted by molar-refractivity contribution is 0.0589. The van der Waals surface area contributed by atoms with Crippen molar-refractivity contribution in [3.63, 3.8) is 0 Å². The van der Waals surface area contributed by atoms with Crippen LogP contribution in [0.3, 0.4) is 0 Å². The molecule has 0 spiro atoms. The van der Waals surface area contributed by atoms with Crippen molar-refractivity contribution in [1.29, 1.82) is 0 Å². The topological polar surface area (TPSA) is 81.5 Å². The summed E-state index contributed by atoms with van der Waals surface area (Å²) in [6.07, 6.45) is 2.38. The Labute approximate surface area is 173 Å². The maximum Gasteiger partial charge on any atom is 0.254 e. The first kappa shape index (κ1) is 21.8. The van der Waals surface area contributed by atoms with Crippen molar-refractivity contribution < 1.29 is 17.9 Å². The fourth-order valence-corrected chi connectivity index (χ4v) is 6.03. The minimum atomic E-state index is -2.99. The van der Waals surface area contributed by atoms with Gasteiger partial charge in [0.25, 0.3) is 5.91 Å². The molecule has 7 nitrogen and oxygen atoms in total. The number of benzene rings is 1. The minimum absolute atomic E-state index is 0.0201. The van der Waals surface area contributed by atoms with Crippen molar-refractivity contribution in [3.05, 3.63) is 29.6 Å². The molecule has 29 heavy (non-hydrogen) atoms. The van der Waals surface area contributed by atoms with E-state index in [1.807, 2.05) is 34.6 Å². The van der Waals surface area contributed by atoms with E-state index in [1.54, 1.807) is 7.11 Å². The zero-order valence-corrected chi connectivity index (χ0v) is 18.5. The van der Waals surface area contributed by atoms with Crippen LogP contribution in [0.2, 0.25) is 0 Å². The van der Waals surface area contributed by atoms with Crippen molar-refractivity contribution in [2.75, 3.05) is 31.8 Å². The van der Waals surface area contributed by atoms with Crippen molar-refractivity contribution in [3.8, 4) is 0 Å². The number of amides is 1. The van der Waals surface area contributed by atoms with Crippen LogP contribution >= 0.6 is 0 Å². The number of hydrogen-bond donors (Lipinski definition) is 0.